The molecule has 0 saturated carbocycles. The highest BCUT2D eigenvalue weighted by Gasteiger charge is 2.61. The van der Waals surface area contributed by atoms with Gasteiger partial charge in [-0.3, -0.25) is 4.79 Å². The summed E-state index contributed by atoms with van der Waals surface area (Å²) in [7, 11) is 2.15. The van der Waals surface area contributed by atoms with Gasteiger partial charge in [-0.2, -0.15) is 0 Å². The summed E-state index contributed by atoms with van der Waals surface area (Å²) < 4.78 is 0. The van der Waals surface area contributed by atoms with Crippen LogP contribution in [0.1, 0.15) is 20.8 Å². The second kappa shape index (κ2) is 3.64. The lowest BCUT2D eigenvalue weighted by atomic mass is 9.79. The summed E-state index contributed by atoms with van der Waals surface area (Å²) in [6.45, 7) is 9.82. The molecule has 3 atom stereocenters. The SMILES string of the molecule is C[C@H]1SC2C1C(C)(C)C(=O)N2CC1CN(C)C1. The van der Waals surface area contributed by atoms with E-state index in [1.807, 2.05) is 11.8 Å². The van der Waals surface area contributed by atoms with Crippen molar-refractivity contribution in [3.63, 3.8) is 0 Å². The lowest BCUT2D eigenvalue weighted by Gasteiger charge is -2.45. The molecule has 0 spiro atoms. The number of thioether (sulfide) groups is 1. The van der Waals surface area contributed by atoms with Crippen molar-refractivity contribution in [1.82, 2.24) is 9.80 Å². The molecule has 0 aromatic rings. The fraction of sp³-hybridized carbons (Fsp3) is 0.923. The van der Waals surface area contributed by atoms with Gasteiger partial charge in [-0.1, -0.05) is 20.8 Å². The minimum Gasteiger partial charge on any atom is -0.329 e. The maximum atomic E-state index is 12.5. The number of amides is 1. The molecule has 3 heterocycles. The Kier molecular flexibility index (Phi) is 2.54. The van der Waals surface area contributed by atoms with E-state index < -0.39 is 0 Å². The number of rotatable bonds is 2. The number of carbonyl (C=O) groups excluding carboxylic acids is 1. The molecule has 2 unspecified atom stereocenters. The molecule has 0 bridgehead atoms. The van der Waals surface area contributed by atoms with E-state index in [1.54, 1.807) is 0 Å². The van der Waals surface area contributed by atoms with Crippen molar-refractivity contribution in [2.24, 2.45) is 17.3 Å². The van der Waals surface area contributed by atoms with E-state index in [9.17, 15) is 4.79 Å². The van der Waals surface area contributed by atoms with E-state index in [1.165, 1.54) is 0 Å². The molecule has 3 rings (SSSR count). The highest BCUT2D eigenvalue weighted by atomic mass is 32.2. The Bertz CT molecular complexity index is 351. The van der Waals surface area contributed by atoms with Gasteiger partial charge in [0.2, 0.25) is 5.91 Å². The highest BCUT2D eigenvalue weighted by Crippen LogP contribution is 2.58. The van der Waals surface area contributed by atoms with Crippen LogP contribution in [0.5, 0.6) is 0 Å². The third-order valence-corrected chi connectivity index (χ3v) is 6.26. The van der Waals surface area contributed by atoms with Gasteiger partial charge in [0.05, 0.1) is 10.8 Å². The third-order valence-electron chi connectivity index (χ3n) is 4.71. The van der Waals surface area contributed by atoms with Gasteiger partial charge in [0.25, 0.3) is 0 Å². The Morgan fingerprint density at radius 2 is 2.06 bits per heavy atom. The molecule has 0 aromatic heterocycles. The van der Waals surface area contributed by atoms with Gasteiger partial charge in [0.1, 0.15) is 0 Å². The number of carbonyl (C=O) groups is 1. The van der Waals surface area contributed by atoms with E-state index in [0.29, 0.717) is 28.4 Å². The predicted molar refractivity (Wildman–Crippen MR) is 70.8 cm³/mol. The average molecular weight is 254 g/mol. The molecule has 17 heavy (non-hydrogen) atoms. The van der Waals surface area contributed by atoms with E-state index in [0.717, 1.165) is 19.6 Å². The molecule has 0 N–H and O–H groups in total. The van der Waals surface area contributed by atoms with Crippen LogP contribution in [-0.2, 0) is 4.79 Å². The molecule has 0 radical (unpaired) electrons. The molecule has 3 fully saturated rings. The van der Waals surface area contributed by atoms with Crippen molar-refractivity contribution in [3.05, 3.63) is 0 Å². The van der Waals surface area contributed by atoms with Crippen LogP contribution in [0.25, 0.3) is 0 Å². The molecule has 1 amide bonds. The third kappa shape index (κ3) is 1.56. The minimum atomic E-state index is -0.134. The van der Waals surface area contributed by atoms with E-state index in [2.05, 4.69) is 37.6 Å². The molecule has 0 aromatic carbocycles. The van der Waals surface area contributed by atoms with Gasteiger partial charge in [-0.05, 0) is 7.05 Å². The van der Waals surface area contributed by atoms with Crippen LogP contribution in [0.15, 0.2) is 0 Å². The quantitative estimate of drug-likeness (QED) is 0.746. The van der Waals surface area contributed by atoms with Gasteiger partial charge in [0.15, 0.2) is 0 Å². The molecule has 0 aliphatic carbocycles. The van der Waals surface area contributed by atoms with Crippen LogP contribution < -0.4 is 0 Å². The summed E-state index contributed by atoms with van der Waals surface area (Å²) in [5.74, 6) is 1.66. The van der Waals surface area contributed by atoms with E-state index >= 15 is 0 Å². The first-order valence-electron chi connectivity index (χ1n) is 6.56. The van der Waals surface area contributed by atoms with Crippen LogP contribution in [-0.4, -0.2) is 53.0 Å². The zero-order valence-electron chi connectivity index (χ0n) is 11.1. The second-order valence-corrected chi connectivity index (χ2v) is 8.02. The first-order valence-corrected chi connectivity index (χ1v) is 7.50. The molecule has 96 valence electrons. The summed E-state index contributed by atoms with van der Waals surface area (Å²) in [6.07, 6.45) is 0. The van der Waals surface area contributed by atoms with Gasteiger partial charge in [0, 0.05) is 36.7 Å². The molecule has 3 saturated heterocycles. The van der Waals surface area contributed by atoms with Gasteiger partial charge < -0.3 is 9.80 Å². The van der Waals surface area contributed by atoms with Crippen molar-refractivity contribution in [2.45, 2.75) is 31.4 Å². The molecular weight excluding hydrogens is 232 g/mol. The Labute approximate surface area is 108 Å². The summed E-state index contributed by atoms with van der Waals surface area (Å²) in [4.78, 5) is 17.0. The summed E-state index contributed by atoms with van der Waals surface area (Å²) in [5.41, 5.74) is -0.134. The highest BCUT2D eigenvalue weighted by molar-refractivity contribution is 8.01. The number of hydrogen-bond acceptors (Lipinski definition) is 3. The zero-order chi connectivity index (χ0) is 12.4. The van der Waals surface area contributed by atoms with Crippen LogP contribution >= 0.6 is 11.8 Å². The van der Waals surface area contributed by atoms with Gasteiger partial charge in [-0.15, -0.1) is 11.8 Å². The smallest absolute Gasteiger partial charge is 0.229 e. The lowest BCUT2D eigenvalue weighted by Crippen LogP contribution is -2.52. The van der Waals surface area contributed by atoms with Crippen molar-refractivity contribution in [3.8, 4) is 0 Å². The summed E-state index contributed by atoms with van der Waals surface area (Å²) in [6, 6.07) is 0. The predicted octanol–water partition coefficient (Wildman–Crippen LogP) is 1.49. The molecule has 3 nitrogen and oxygen atoms in total. The fourth-order valence-electron chi connectivity index (χ4n) is 3.78. The van der Waals surface area contributed by atoms with Crippen LogP contribution in [0.4, 0.5) is 0 Å². The average Bonchev–Trinajstić information content (AvgIpc) is 2.31. The van der Waals surface area contributed by atoms with Crippen molar-refractivity contribution in [2.75, 3.05) is 26.7 Å². The van der Waals surface area contributed by atoms with E-state index in [-0.39, 0.29) is 5.41 Å². The number of nitrogens with zero attached hydrogens (tertiary/aromatic N) is 2. The maximum absolute atomic E-state index is 12.5. The molecular formula is C13H22N2OS. The zero-order valence-corrected chi connectivity index (χ0v) is 12.0. The monoisotopic (exact) mass is 254 g/mol. The van der Waals surface area contributed by atoms with Crippen LogP contribution in [0.2, 0.25) is 0 Å². The van der Waals surface area contributed by atoms with Crippen LogP contribution in [0.3, 0.4) is 0 Å². The minimum absolute atomic E-state index is 0.134. The van der Waals surface area contributed by atoms with Gasteiger partial charge in [-0.25, -0.2) is 0 Å². The molecule has 4 heteroatoms. The number of hydrogen-bond donors (Lipinski definition) is 0. The Hall–Kier alpha value is -0.220. The summed E-state index contributed by atoms with van der Waals surface area (Å²) >= 11 is 1.98. The lowest BCUT2D eigenvalue weighted by molar-refractivity contribution is -0.136. The first-order chi connectivity index (χ1) is 7.91. The van der Waals surface area contributed by atoms with Crippen molar-refractivity contribution >= 4 is 17.7 Å². The van der Waals surface area contributed by atoms with E-state index in [4.69, 9.17) is 0 Å². The normalized spacial score (nSPS) is 41.1. The summed E-state index contributed by atoms with van der Waals surface area (Å²) in [5, 5.41) is 1.12. The maximum Gasteiger partial charge on any atom is 0.229 e. The largest absolute Gasteiger partial charge is 0.329 e. The molecule has 3 aliphatic rings. The number of fused-ring (bicyclic) bond motifs is 1. The standard InChI is InChI=1S/C13H22N2OS/c1-8-10-11(17-8)15(12(16)13(10,2)3)7-9-5-14(4)6-9/h8-11H,5-7H2,1-4H3/t8-,10?,11?/m1/s1. The van der Waals surface area contributed by atoms with Gasteiger partial charge >= 0.3 is 0 Å². The Morgan fingerprint density at radius 3 is 2.53 bits per heavy atom. The Balaban J connectivity index is 1.71. The van der Waals surface area contributed by atoms with Crippen LogP contribution in [0, 0.1) is 17.3 Å². The Morgan fingerprint density at radius 1 is 1.41 bits per heavy atom. The molecule has 3 aliphatic heterocycles. The fourth-order valence-corrected chi connectivity index (χ4v) is 5.68. The topological polar surface area (TPSA) is 23.6 Å². The van der Waals surface area contributed by atoms with Crippen molar-refractivity contribution < 1.29 is 4.79 Å². The first kappa shape index (κ1) is 11.8. The number of likely N-dealkylation sites (tertiary alicyclic amines) is 2. The van der Waals surface area contributed by atoms with Crippen molar-refractivity contribution in [1.29, 1.82) is 0 Å². The second-order valence-electron chi connectivity index (χ2n) is 6.52.